The van der Waals surface area contributed by atoms with Crippen molar-refractivity contribution in [3.8, 4) is 17.4 Å². The Morgan fingerprint density at radius 3 is 2.83 bits per heavy atom. The van der Waals surface area contributed by atoms with E-state index in [0.29, 0.717) is 11.6 Å². The zero-order chi connectivity index (χ0) is 19.8. The zero-order valence-corrected chi connectivity index (χ0v) is 16.8. The molecule has 0 fully saturated rings. The Morgan fingerprint density at radius 2 is 2.03 bits per heavy atom. The molecule has 1 aliphatic rings. The van der Waals surface area contributed by atoms with Crippen LogP contribution >= 0.6 is 11.3 Å². The number of aromatic nitrogens is 3. The fraction of sp³-hybridized carbons (Fsp3) is 0.190. The molecule has 0 atom stereocenters. The molecule has 0 saturated carbocycles. The molecule has 29 heavy (non-hydrogen) atoms. The number of methoxy groups -OCH3 is 1. The normalized spacial score (nSPS) is 12.8. The Hall–Kier alpha value is -3.23. The molecule has 0 bridgehead atoms. The molecule has 2 N–H and O–H groups in total. The fourth-order valence-corrected chi connectivity index (χ4v) is 4.54. The van der Waals surface area contributed by atoms with E-state index in [-0.39, 0.29) is 0 Å². The van der Waals surface area contributed by atoms with Gasteiger partial charge in [-0.1, -0.05) is 0 Å². The van der Waals surface area contributed by atoms with Gasteiger partial charge in [0.1, 0.15) is 28.5 Å². The number of pyridine rings is 1. The lowest BCUT2D eigenvalue weighted by atomic mass is 10.1. The molecule has 7 nitrogen and oxygen atoms in total. The van der Waals surface area contributed by atoms with Crippen molar-refractivity contribution < 1.29 is 9.47 Å². The van der Waals surface area contributed by atoms with E-state index >= 15 is 0 Å². The van der Waals surface area contributed by atoms with Gasteiger partial charge in [-0.2, -0.15) is 0 Å². The van der Waals surface area contributed by atoms with Crippen molar-refractivity contribution in [2.24, 2.45) is 0 Å². The van der Waals surface area contributed by atoms with Crippen LogP contribution in [0.2, 0.25) is 0 Å². The number of rotatable bonds is 5. The molecule has 146 valence electrons. The number of hydrogen-bond donors (Lipinski definition) is 2. The number of hydrogen-bond acceptors (Lipinski definition) is 8. The Kier molecular flexibility index (Phi) is 4.49. The minimum atomic E-state index is 0.555. The summed E-state index contributed by atoms with van der Waals surface area (Å²) in [6.45, 7) is 3.78. The maximum atomic E-state index is 5.95. The highest BCUT2D eigenvalue weighted by Crippen LogP contribution is 2.37. The summed E-state index contributed by atoms with van der Waals surface area (Å²) < 4.78 is 11.0. The van der Waals surface area contributed by atoms with Gasteiger partial charge in [0.05, 0.1) is 18.7 Å². The molecule has 0 spiro atoms. The molecule has 0 amide bonds. The van der Waals surface area contributed by atoms with E-state index in [1.54, 1.807) is 37.0 Å². The van der Waals surface area contributed by atoms with Crippen LogP contribution in [0, 0.1) is 6.92 Å². The minimum Gasteiger partial charge on any atom is -0.481 e. The van der Waals surface area contributed by atoms with E-state index in [9.17, 15) is 0 Å². The van der Waals surface area contributed by atoms with Gasteiger partial charge in [0.15, 0.2) is 0 Å². The average molecular weight is 405 g/mol. The van der Waals surface area contributed by atoms with Gasteiger partial charge < -0.3 is 20.1 Å². The van der Waals surface area contributed by atoms with Crippen LogP contribution in [0.15, 0.2) is 42.9 Å². The third kappa shape index (κ3) is 3.37. The molecule has 3 aromatic heterocycles. The van der Waals surface area contributed by atoms with Gasteiger partial charge in [-0.25, -0.2) is 15.0 Å². The Balaban J connectivity index is 1.40. The lowest BCUT2D eigenvalue weighted by molar-refractivity contribution is 0.394. The number of aryl methyl sites for hydroxylation is 1. The molecule has 1 aromatic carbocycles. The molecular formula is C21H19N5O2S. The van der Waals surface area contributed by atoms with Crippen LogP contribution in [0.1, 0.15) is 16.0 Å². The lowest BCUT2D eigenvalue weighted by Crippen LogP contribution is -2.02. The van der Waals surface area contributed by atoms with Crippen molar-refractivity contribution in [2.45, 2.75) is 20.0 Å². The predicted octanol–water partition coefficient (Wildman–Crippen LogP) is 4.54. The zero-order valence-electron chi connectivity index (χ0n) is 16.0. The van der Waals surface area contributed by atoms with Crippen molar-refractivity contribution in [2.75, 3.05) is 12.4 Å². The molecule has 5 rings (SSSR count). The van der Waals surface area contributed by atoms with Gasteiger partial charge in [0.25, 0.3) is 0 Å². The van der Waals surface area contributed by atoms with Crippen LogP contribution in [0.4, 0.5) is 11.5 Å². The van der Waals surface area contributed by atoms with Gasteiger partial charge in [-0.15, -0.1) is 11.3 Å². The second-order valence-electron chi connectivity index (χ2n) is 6.75. The maximum Gasteiger partial charge on any atom is 0.213 e. The molecule has 0 aliphatic carbocycles. The lowest BCUT2D eigenvalue weighted by Gasteiger charge is -2.12. The van der Waals surface area contributed by atoms with Gasteiger partial charge in [0, 0.05) is 29.7 Å². The molecule has 8 heteroatoms. The Labute approximate surface area is 171 Å². The summed E-state index contributed by atoms with van der Waals surface area (Å²) in [5, 5.41) is 7.96. The Morgan fingerprint density at radius 1 is 1.10 bits per heavy atom. The Bertz CT molecular complexity index is 1190. The first-order chi connectivity index (χ1) is 14.2. The average Bonchev–Trinajstić information content (AvgIpc) is 3.32. The van der Waals surface area contributed by atoms with Crippen LogP contribution in [0.25, 0.3) is 10.2 Å². The number of anilines is 2. The van der Waals surface area contributed by atoms with Crippen LogP contribution < -0.4 is 20.1 Å². The summed E-state index contributed by atoms with van der Waals surface area (Å²) in [5.41, 5.74) is 3.26. The van der Waals surface area contributed by atoms with E-state index in [1.807, 2.05) is 31.2 Å². The number of nitrogens with zero attached hydrogens (tertiary/aromatic N) is 3. The second kappa shape index (κ2) is 7.31. The van der Waals surface area contributed by atoms with E-state index in [0.717, 1.165) is 46.1 Å². The van der Waals surface area contributed by atoms with Gasteiger partial charge in [0.2, 0.25) is 5.88 Å². The number of thiophene rings is 1. The number of fused-ring (bicyclic) bond motifs is 3. The third-order valence-electron chi connectivity index (χ3n) is 4.84. The van der Waals surface area contributed by atoms with Crippen LogP contribution in [0.3, 0.4) is 0 Å². The summed E-state index contributed by atoms with van der Waals surface area (Å²) >= 11 is 1.73. The van der Waals surface area contributed by atoms with Crippen molar-refractivity contribution in [1.82, 2.24) is 20.3 Å². The highest BCUT2D eigenvalue weighted by molar-refractivity contribution is 7.19. The summed E-state index contributed by atoms with van der Waals surface area (Å²) in [6, 6.07) is 9.58. The summed E-state index contributed by atoms with van der Waals surface area (Å²) in [7, 11) is 1.59. The summed E-state index contributed by atoms with van der Waals surface area (Å²) in [6.07, 6.45) is 3.26. The standard InChI is InChI=1S/C21H19N5O2S/c1-12-7-13(3-5-16(12)28-14-4-6-18(27-2)23-8-14)26-20-19-15-9-22-10-17(15)29-21(19)25-11-24-20/h3-8,11,22H,9-10H2,1-2H3,(H,24,25,26). The topological polar surface area (TPSA) is 81.2 Å². The van der Waals surface area contributed by atoms with E-state index < -0.39 is 0 Å². The minimum absolute atomic E-state index is 0.555. The monoisotopic (exact) mass is 405 g/mol. The molecule has 4 heterocycles. The van der Waals surface area contributed by atoms with Gasteiger partial charge in [-0.05, 0) is 42.3 Å². The van der Waals surface area contributed by atoms with Crippen LogP contribution in [-0.4, -0.2) is 22.1 Å². The first-order valence-electron chi connectivity index (χ1n) is 9.23. The van der Waals surface area contributed by atoms with Gasteiger partial charge in [-0.3, -0.25) is 0 Å². The first-order valence-corrected chi connectivity index (χ1v) is 10.0. The molecule has 0 saturated heterocycles. The molecule has 4 aromatic rings. The predicted molar refractivity (Wildman–Crippen MR) is 113 cm³/mol. The fourth-order valence-electron chi connectivity index (χ4n) is 3.42. The van der Waals surface area contributed by atoms with Crippen molar-refractivity contribution in [3.63, 3.8) is 0 Å². The van der Waals surface area contributed by atoms with Crippen molar-refractivity contribution in [3.05, 3.63) is 58.9 Å². The summed E-state index contributed by atoms with van der Waals surface area (Å²) in [5.74, 6) is 2.83. The van der Waals surface area contributed by atoms with Crippen molar-refractivity contribution >= 4 is 33.1 Å². The number of nitrogens with one attached hydrogen (secondary N) is 2. The number of benzene rings is 1. The largest absolute Gasteiger partial charge is 0.481 e. The molecule has 1 aliphatic heterocycles. The SMILES string of the molecule is COc1ccc(Oc2ccc(Nc3ncnc4sc5c(c34)CNC5)cc2C)cn1. The first kappa shape index (κ1) is 17.8. The molecule has 0 radical (unpaired) electrons. The van der Waals surface area contributed by atoms with E-state index in [1.165, 1.54) is 10.4 Å². The van der Waals surface area contributed by atoms with Crippen molar-refractivity contribution in [1.29, 1.82) is 0 Å². The van der Waals surface area contributed by atoms with Crippen LogP contribution in [0.5, 0.6) is 17.4 Å². The smallest absolute Gasteiger partial charge is 0.213 e. The molecular weight excluding hydrogens is 386 g/mol. The van der Waals surface area contributed by atoms with Crippen LogP contribution in [-0.2, 0) is 13.1 Å². The quantitative estimate of drug-likeness (QED) is 0.504. The van der Waals surface area contributed by atoms with Gasteiger partial charge >= 0.3 is 0 Å². The van der Waals surface area contributed by atoms with E-state index in [4.69, 9.17) is 9.47 Å². The van der Waals surface area contributed by atoms with E-state index in [2.05, 4.69) is 25.6 Å². The highest BCUT2D eigenvalue weighted by Gasteiger charge is 2.21. The third-order valence-corrected chi connectivity index (χ3v) is 5.98. The second-order valence-corrected chi connectivity index (χ2v) is 7.84. The molecule has 0 unspecified atom stereocenters. The number of ether oxygens (including phenoxy) is 2. The maximum absolute atomic E-state index is 5.95. The summed E-state index contributed by atoms with van der Waals surface area (Å²) in [4.78, 5) is 15.5. The highest BCUT2D eigenvalue weighted by atomic mass is 32.1.